The van der Waals surface area contributed by atoms with E-state index in [1.807, 2.05) is 31.2 Å². The fourth-order valence-electron chi connectivity index (χ4n) is 2.93. The average Bonchev–Trinajstić information content (AvgIpc) is 3.13. The molecule has 1 N–H and O–H groups in total. The number of benzene rings is 1. The molecule has 1 aliphatic rings. The standard InChI is InChI=1S/C16H16ClN5/c1-10-4-6-12(17)11-5-7-13(19-16(10)11)18-9-15-21-20-14-3-2-8-22(14)15/h4-7H,2-3,8-9H2,1H3,(H,18,19). The summed E-state index contributed by atoms with van der Waals surface area (Å²) in [6.45, 7) is 3.69. The normalized spacial score (nSPS) is 13.5. The number of rotatable bonds is 3. The monoisotopic (exact) mass is 313 g/mol. The first-order chi connectivity index (χ1) is 10.7. The van der Waals surface area contributed by atoms with Gasteiger partial charge in [-0.25, -0.2) is 4.98 Å². The van der Waals surface area contributed by atoms with Crippen molar-refractivity contribution in [1.82, 2.24) is 19.7 Å². The van der Waals surface area contributed by atoms with Crippen molar-refractivity contribution in [3.05, 3.63) is 46.5 Å². The highest BCUT2D eigenvalue weighted by Crippen LogP contribution is 2.26. The Balaban J connectivity index is 1.60. The van der Waals surface area contributed by atoms with E-state index in [1.165, 1.54) is 0 Å². The molecule has 1 aromatic carbocycles. The topological polar surface area (TPSA) is 55.6 Å². The van der Waals surface area contributed by atoms with E-state index in [0.717, 1.165) is 58.3 Å². The molecule has 0 saturated heterocycles. The van der Waals surface area contributed by atoms with Crippen molar-refractivity contribution in [2.24, 2.45) is 0 Å². The van der Waals surface area contributed by atoms with Crippen LogP contribution in [0.1, 0.15) is 23.6 Å². The zero-order valence-corrected chi connectivity index (χ0v) is 13.1. The Morgan fingerprint density at radius 1 is 1.23 bits per heavy atom. The summed E-state index contributed by atoms with van der Waals surface area (Å²) < 4.78 is 2.19. The van der Waals surface area contributed by atoms with Gasteiger partial charge in [0.25, 0.3) is 0 Å². The van der Waals surface area contributed by atoms with Gasteiger partial charge in [0, 0.05) is 23.4 Å². The molecule has 0 saturated carbocycles. The Morgan fingerprint density at radius 2 is 2.14 bits per heavy atom. The van der Waals surface area contributed by atoms with E-state index in [1.54, 1.807) is 0 Å². The molecular formula is C16H16ClN5. The van der Waals surface area contributed by atoms with Crippen LogP contribution in [0.5, 0.6) is 0 Å². The van der Waals surface area contributed by atoms with Crippen molar-refractivity contribution >= 4 is 28.3 Å². The third kappa shape index (κ3) is 2.22. The van der Waals surface area contributed by atoms with Gasteiger partial charge in [-0.3, -0.25) is 0 Å². The molecule has 112 valence electrons. The molecule has 0 fully saturated rings. The van der Waals surface area contributed by atoms with Crippen LogP contribution in [0.4, 0.5) is 5.82 Å². The van der Waals surface area contributed by atoms with Crippen LogP contribution < -0.4 is 5.32 Å². The van der Waals surface area contributed by atoms with Crippen LogP contribution in [0.2, 0.25) is 5.02 Å². The van der Waals surface area contributed by atoms with Crippen LogP contribution >= 0.6 is 11.6 Å². The van der Waals surface area contributed by atoms with Crippen molar-refractivity contribution in [2.45, 2.75) is 32.9 Å². The lowest BCUT2D eigenvalue weighted by Crippen LogP contribution is -2.08. The van der Waals surface area contributed by atoms with E-state index in [4.69, 9.17) is 11.6 Å². The molecule has 0 bridgehead atoms. The van der Waals surface area contributed by atoms with Gasteiger partial charge in [-0.2, -0.15) is 0 Å². The number of aryl methyl sites for hydroxylation is 2. The van der Waals surface area contributed by atoms with E-state index in [-0.39, 0.29) is 0 Å². The van der Waals surface area contributed by atoms with Crippen LogP contribution in [-0.4, -0.2) is 19.7 Å². The molecule has 1 aliphatic heterocycles. The first-order valence-corrected chi connectivity index (χ1v) is 7.81. The van der Waals surface area contributed by atoms with E-state index in [0.29, 0.717) is 6.54 Å². The minimum atomic E-state index is 0.630. The molecule has 22 heavy (non-hydrogen) atoms. The lowest BCUT2D eigenvalue weighted by atomic mass is 10.1. The van der Waals surface area contributed by atoms with Gasteiger partial charge in [0.15, 0.2) is 5.82 Å². The molecule has 0 amide bonds. The number of nitrogens with one attached hydrogen (secondary N) is 1. The summed E-state index contributed by atoms with van der Waals surface area (Å²) in [7, 11) is 0. The fourth-order valence-corrected chi connectivity index (χ4v) is 3.14. The Labute approximate surface area is 133 Å². The van der Waals surface area contributed by atoms with Crippen LogP contribution in [0, 0.1) is 6.92 Å². The van der Waals surface area contributed by atoms with E-state index < -0.39 is 0 Å². The van der Waals surface area contributed by atoms with Crippen molar-refractivity contribution in [1.29, 1.82) is 0 Å². The van der Waals surface area contributed by atoms with E-state index in [9.17, 15) is 0 Å². The molecule has 6 heteroatoms. The number of nitrogens with zero attached hydrogens (tertiary/aromatic N) is 4. The summed E-state index contributed by atoms with van der Waals surface area (Å²) in [5, 5.41) is 13.5. The lowest BCUT2D eigenvalue weighted by molar-refractivity contribution is 0.695. The zero-order chi connectivity index (χ0) is 15.1. The Morgan fingerprint density at radius 3 is 3.05 bits per heavy atom. The molecule has 0 radical (unpaired) electrons. The van der Waals surface area contributed by atoms with Crippen LogP contribution in [-0.2, 0) is 19.5 Å². The van der Waals surface area contributed by atoms with Gasteiger partial charge in [0.05, 0.1) is 12.1 Å². The number of anilines is 1. The molecule has 5 nitrogen and oxygen atoms in total. The second kappa shape index (κ2) is 5.25. The fraction of sp³-hybridized carbons (Fsp3) is 0.312. The van der Waals surface area contributed by atoms with Crippen molar-refractivity contribution in [3.63, 3.8) is 0 Å². The van der Waals surface area contributed by atoms with Gasteiger partial charge < -0.3 is 9.88 Å². The van der Waals surface area contributed by atoms with Crippen LogP contribution in [0.25, 0.3) is 10.9 Å². The molecule has 3 aromatic rings. The van der Waals surface area contributed by atoms with E-state index >= 15 is 0 Å². The minimum absolute atomic E-state index is 0.630. The third-order valence-corrected chi connectivity index (χ3v) is 4.45. The molecule has 0 spiro atoms. The van der Waals surface area contributed by atoms with Gasteiger partial charge in [0.1, 0.15) is 11.6 Å². The number of fused-ring (bicyclic) bond motifs is 2. The second-order valence-electron chi connectivity index (χ2n) is 5.60. The SMILES string of the molecule is Cc1ccc(Cl)c2ccc(NCc3nnc4n3CCC4)nc12. The second-order valence-corrected chi connectivity index (χ2v) is 6.01. The highest BCUT2D eigenvalue weighted by molar-refractivity contribution is 6.35. The smallest absolute Gasteiger partial charge is 0.152 e. The summed E-state index contributed by atoms with van der Waals surface area (Å²) in [6.07, 6.45) is 2.18. The van der Waals surface area contributed by atoms with Gasteiger partial charge in [-0.05, 0) is 37.1 Å². The molecular weight excluding hydrogens is 298 g/mol. The highest BCUT2D eigenvalue weighted by atomic mass is 35.5. The van der Waals surface area contributed by atoms with Gasteiger partial charge in [-0.15, -0.1) is 10.2 Å². The van der Waals surface area contributed by atoms with Crippen molar-refractivity contribution < 1.29 is 0 Å². The molecule has 0 unspecified atom stereocenters. The van der Waals surface area contributed by atoms with E-state index in [2.05, 4.69) is 25.1 Å². The number of hydrogen-bond acceptors (Lipinski definition) is 4. The summed E-state index contributed by atoms with van der Waals surface area (Å²) in [5.74, 6) is 2.89. The molecule has 4 rings (SSSR count). The van der Waals surface area contributed by atoms with Gasteiger partial charge in [0.2, 0.25) is 0 Å². The van der Waals surface area contributed by atoms with Crippen molar-refractivity contribution in [2.75, 3.05) is 5.32 Å². The predicted molar refractivity (Wildman–Crippen MR) is 87.2 cm³/mol. The average molecular weight is 314 g/mol. The van der Waals surface area contributed by atoms with Crippen molar-refractivity contribution in [3.8, 4) is 0 Å². The molecule has 2 aromatic heterocycles. The number of aromatic nitrogens is 4. The summed E-state index contributed by atoms with van der Waals surface area (Å²) in [6, 6.07) is 7.86. The summed E-state index contributed by atoms with van der Waals surface area (Å²) >= 11 is 6.22. The summed E-state index contributed by atoms with van der Waals surface area (Å²) in [5.41, 5.74) is 2.05. The third-order valence-electron chi connectivity index (χ3n) is 4.12. The minimum Gasteiger partial charge on any atom is -0.363 e. The maximum absolute atomic E-state index is 6.22. The molecule has 0 atom stereocenters. The lowest BCUT2D eigenvalue weighted by Gasteiger charge is -2.09. The highest BCUT2D eigenvalue weighted by Gasteiger charge is 2.16. The largest absolute Gasteiger partial charge is 0.363 e. The number of pyridine rings is 1. The molecule has 3 heterocycles. The first-order valence-electron chi connectivity index (χ1n) is 7.43. The van der Waals surface area contributed by atoms with Crippen LogP contribution in [0.15, 0.2) is 24.3 Å². The Hall–Kier alpha value is -2.14. The number of hydrogen-bond donors (Lipinski definition) is 1. The first kappa shape index (κ1) is 13.5. The summed E-state index contributed by atoms with van der Waals surface area (Å²) in [4.78, 5) is 4.68. The number of halogens is 1. The molecule has 0 aliphatic carbocycles. The maximum atomic E-state index is 6.22. The van der Waals surface area contributed by atoms with Crippen LogP contribution in [0.3, 0.4) is 0 Å². The quantitative estimate of drug-likeness (QED) is 0.805. The Bertz CT molecular complexity index is 855. The predicted octanol–water partition coefficient (Wildman–Crippen LogP) is 3.35. The van der Waals surface area contributed by atoms with Gasteiger partial charge in [-0.1, -0.05) is 17.7 Å². The Kier molecular flexibility index (Phi) is 3.22. The zero-order valence-electron chi connectivity index (χ0n) is 12.3. The van der Waals surface area contributed by atoms with Gasteiger partial charge >= 0.3 is 0 Å². The maximum Gasteiger partial charge on any atom is 0.152 e.